The van der Waals surface area contributed by atoms with Gasteiger partial charge in [-0.15, -0.1) is 11.3 Å². The van der Waals surface area contributed by atoms with Gasteiger partial charge in [-0.1, -0.05) is 6.07 Å². The number of ether oxygens (including phenoxy) is 2. The highest BCUT2D eigenvalue weighted by Gasteiger charge is 2.14. The Morgan fingerprint density at radius 3 is 2.65 bits per heavy atom. The van der Waals surface area contributed by atoms with Gasteiger partial charge in [-0.25, -0.2) is 4.98 Å². The molecule has 0 unspecified atom stereocenters. The van der Waals surface area contributed by atoms with Crippen LogP contribution in [-0.2, 0) is 6.42 Å². The molecule has 0 fully saturated rings. The first-order valence-corrected chi connectivity index (χ1v) is 9.41. The molecule has 0 bridgehead atoms. The minimum atomic E-state index is 0.616. The second-order valence-electron chi connectivity index (χ2n) is 6.10. The van der Waals surface area contributed by atoms with E-state index in [1.54, 1.807) is 18.4 Å². The van der Waals surface area contributed by atoms with Crippen LogP contribution in [0.1, 0.15) is 11.3 Å². The number of hydrogen-bond acceptors (Lipinski definition) is 4. The Kier molecular flexibility index (Phi) is 4.63. The Bertz CT molecular complexity index is 1000. The van der Waals surface area contributed by atoms with Crippen molar-refractivity contribution < 1.29 is 9.47 Å². The highest BCUT2D eigenvalue weighted by Crippen LogP contribution is 2.27. The number of thiophene rings is 1. The molecule has 26 heavy (non-hydrogen) atoms. The molecular formula is C21H20N2O2S. The molecule has 0 amide bonds. The van der Waals surface area contributed by atoms with E-state index in [2.05, 4.69) is 41.8 Å². The van der Waals surface area contributed by atoms with Gasteiger partial charge in [0.25, 0.3) is 0 Å². The van der Waals surface area contributed by atoms with Crippen LogP contribution in [0.25, 0.3) is 16.9 Å². The van der Waals surface area contributed by atoms with Gasteiger partial charge in [0.2, 0.25) is 0 Å². The zero-order valence-corrected chi connectivity index (χ0v) is 15.6. The Labute approximate surface area is 156 Å². The van der Waals surface area contributed by atoms with Crippen molar-refractivity contribution >= 4 is 17.0 Å². The quantitative estimate of drug-likeness (QED) is 0.483. The molecule has 3 aromatic heterocycles. The number of hydrogen-bond donors (Lipinski definition) is 0. The first kappa shape index (κ1) is 16.7. The van der Waals surface area contributed by atoms with Crippen LogP contribution in [0.3, 0.4) is 0 Å². The minimum absolute atomic E-state index is 0.616. The number of pyridine rings is 1. The maximum atomic E-state index is 5.88. The van der Waals surface area contributed by atoms with E-state index in [-0.39, 0.29) is 0 Å². The highest BCUT2D eigenvalue weighted by molar-refractivity contribution is 7.11. The van der Waals surface area contributed by atoms with E-state index in [0.717, 1.165) is 39.8 Å². The summed E-state index contributed by atoms with van der Waals surface area (Å²) in [5, 5.41) is 2.97. The highest BCUT2D eigenvalue weighted by atomic mass is 32.1. The van der Waals surface area contributed by atoms with Crippen molar-refractivity contribution in [3.05, 3.63) is 71.4 Å². The molecule has 0 N–H and O–H groups in total. The van der Waals surface area contributed by atoms with Crippen LogP contribution in [-0.4, -0.2) is 23.1 Å². The van der Waals surface area contributed by atoms with E-state index in [9.17, 15) is 0 Å². The molecule has 5 heteroatoms. The lowest BCUT2D eigenvalue weighted by molar-refractivity contribution is 0.329. The predicted molar refractivity (Wildman–Crippen MR) is 105 cm³/mol. The monoisotopic (exact) mass is 364 g/mol. The van der Waals surface area contributed by atoms with Gasteiger partial charge < -0.3 is 13.9 Å². The summed E-state index contributed by atoms with van der Waals surface area (Å²) >= 11 is 1.61. The summed E-state index contributed by atoms with van der Waals surface area (Å²) in [6.07, 6.45) is 2.92. The molecule has 0 atom stereocenters. The number of aryl methyl sites for hydroxylation is 1. The number of fused-ring (bicyclic) bond motifs is 1. The summed E-state index contributed by atoms with van der Waals surface area (Å²) in [7, 11) is 1.68. The largest absolute Gasteiger partial charge is 0.497 e. The van der Waals surface area contributed by atoms with Crippen LogP contribution in [0.5, 0.6) is 10.8 Å². The Balaban J connectivity index is 1.70. The maximum absolute atomic E-state index is 5.88. The molecule has 0 spiro atoms. The number of nitrogens with zero attached hydrogens (tertiary/aromatic N) is 2. The van der Waals surface area contributed by atoms with Crippen molar-refractivity contribution in [2.24, 2.45) is 0 Å². The summed E-state index contributed by atoms with van der Waals surface area (Å²) in [6, 6.07) is 16.2. The molecule has 4 aromatic rings. The number of methoxy groups -OCH3 is 1. The first-order chi connectivity index (χ1) is 12.7. The van der Waals surface area contributed by atoms with Crippen LogP contribution in [0, 0.1) is 6.92 Å². The molecule has 132 valence electrons. The van der Waals surface area contributed by atoms with Crippen molar-refractivity contribution in [1.29, 1.82) is 0 Å². The zero-order valence-electron chi connectivity index (χ0n) is 14.8. The molecule has 0 saturated carbocycles. The van der Waals surface area contributed by atoms with Gasteiger partial charge in [-0.3, -0.25) is 0 Å². The van der Waals surface area contributed by atoms with E-state index in [0.29, 0.717) is 6.61 Å². The molecule has 0 saturated heterocycles. The predicted octanol–water partition coefficient (Wildman–Crippen LogP) is 5.00. The Morgan fingerprint density at radius 2 is 1.92 bits per heavy atom. The standard InChI is InChI=1S/C21H20N2O2S/c1-15-5-10-19-22-21(16-6-8-17(24-2)9-7-16)18(23(19)14-15)11-12-25-20-4-3-13-26-20/h3-10,13-14H,11-12H2,1-2H3. The minimum Gasteiger partial charge on any atom is -0.497 e. The second-order valence-corrected chi connectivity index (χ2v) is 7.01. The van der Waals surface area contributed by atoms with Gasteiger partial charge in [0.05, 0.1) is 25.1 Å². The maximum Gasteiger partial charge on any atom is 0.173 e. The van der Waals surface area contributed by atoms with Crippen molar-refractivity contribution in [3.63, 3.8) is 0 Å². The lowest BCUT2D eigenvalue weighted by atomic mass is 10.1. The fraction of sp³-hybridized carbons (Fsp3) is 0.190. The Morgan fingerprint density at radius 1 is 1.08 bits per heavy atom. The lowest BCUT2D eigenvalue weighted by Crippen LogP contribution is -2.04. The average Bonchev–Trinajstić information content (AvgIpc) is 3.30. The van der Waals surface area contributed by atoms with Crippen LogP contribution in [0.4, 0.5) is 0 Å². The summed E-state index contributed by atoms with van der Waals surface area (Å²) < 4.78 is 13.3. The average molecular weight is 364 g/mol. The molecule has 3 heterocycles. The lowest BCUT2D eigenvalue weighted by Gasteiger charge is -2.08. The third-order valence-electron chi connectivity index (χ3n) is 4.31. The van der Waals surface area contributed by atoms with Crippen LogP contribution in [0.15, 0.2) is 60.1 Å². The van der Waals surface area contributed by atoms with Gasteiger partial charge in [0.15, 0.2) is 5.06 Å². The smallest absolute Gasteiger partial charge is 0.173 e. The molecule has 0 aliphatic carbocycles. The molecule has 0 aliphatic heterocycles. The normalized spacial score (nSPS) is 11.0. The number of aromatic nitrogens is 2. The summed E-state index contributed by atoms with van der Waals surface area (Å²) in [5.74, 6) is 0.843. The van der Waals surface area contributed by atoms with E-state index < -0.39 is 0 Å². The summed E-state index contributed by atoms with van der Waals surface area (Å²) in [6.45, 7) is 2.71. The van der Waals surface area contributed by atoms with Crippen molar-refractivity contribution in [2.45, 2.75) is 13.3 Å². The van der Waals surface area contributed by atoms with Crippen molar-refractivity contribution in [1.82, 2.24) is 9.38 Å². The number of rotatable bonds is 6. The Hall–Kier alpha value is -2.79. The van der Waals surface area contributed by atoms with Gasteiger partial charge in [0, 0.05) is 18.2 Å². The van der Waals surface area contributed by atoms with Crippen molar-refractivity contribution in [3.8, 4) is 22.1 Å². The topological polar surface area (TPSA) is 35.8 Å². The van der Waals surface area contributed by atoms with E-state index in [4.69, 9.17) is 14.5 Å². The fourth-order valence-corrected chi connectivity index (χ4v) is 3.61. The third-order valence-corrected chi connectivity index (χ3v) is 5.09. The second kappa shape index (κ2) is 7.22. The van der Waals surface area contributed by atoms with Gasteiger partial charge in [-0.2, -0.15) is 0 Å². The molecule has 0 aliphatic rings. The van der Waals surface area contributed by atoms with Crippen LogP contribution < -0.4 is 9.47 Å². The number of imidazole rings is 1. The van der Waals surface area contributed by atoms with Crippen molar-refractivity contribution in [2.75, 3.05) is 13.7 Å². The fourth-order valence-electron chi connectivity index (χ4n) is 3.01. The molecule has 4 nitrogen and oxygen atoms in total. The molecule has 4 rings (SSSR count). The molecule has 0 radical (unpaired) electrons. The van der Waals surface area contributed by atoms with Gasteiger partial charge in [-0.05, 0) is 60.3 Å². The summed E-state index contributed by atoms with van der Waals surface area (Å²) in [5.41, 5.74) is 5.39. The first-order valence-electron chi connectivity index (χ1n) is 8.53. The SMILES string of the molecule is COc1ccc(-c2nc3ccc(C)cn3c2CCOc2cccs2)cc1. The molecule has 1 aromatic carbocycles. The number of benzene rings is 1. The van der Waals surface area contributed by atoms with E-state index in [1.165, 1.54) is 5.56 Å². The molecular weight excluding hydrogens is 344 g/mol. The van der Waals surface area contributed by atoms with Crippen LogP contribution >= 0.6 is 11.3 Å². The van der Waals surface area contributed by atoms with Gasteiger partial charge >= 0.3 is 0 Å². The van der Waals surface area contributed by atoms with Crippen LogP contribution in [0.2, 0.25) is 0 Å². The summed E-state index contributed by atoms with van der Waals surface area (Å²) in [4.78, 5) is 4.86. The zero-order chi connectivity index (χ0) is 17.9. The van der Waals surface area contributed by atoms with Gasteiger partial charge in [0.1, 0.15) is 11.4 Å². The third kappa shape index (κ3) is 3.30. The van der Waals surface area contributed by atoms with E-state index in [1.807, 2.05) is 29.6 Å². The van der Waals surface area contributed by atoms with E-state index >= 15 is 0 Å².